The number of carbonyl (C=O) groups is 1. The predicted molar refractivity (Wildman–Crippen MR) is 55.7 cm³/mol. The first-order chi connectivity index (χ1) is 7.68. The van der Waals surface area contributed by atoms with Gasteiger partial charge in [-0.2, -0.15) is 0 Å². The molecule has 0 radical (unpaired) electrons. The summed E-state index contributed by atoms with van der Waals surface area (Å²) in [6, 6.07) is 3.49. The fourth-order valence-electron chi connectivity index (χ4n) is 2.03. The highest BCUT2D eigenvalue weighted by molar-refractivity contribution is 5.82. The monoisotopic (exact) mass is 224 g/mol. The van der Waals surface area contributed by atoms with Crippen LogP contribution in [0.15, 0.2) is 24.5 Å². The van der Waals surface area contributed by atoms with E-state index >= 15 is 0 Å². The third-order valence-electron chi connectivity index (χ3n) is 2.89. The molecule has 1 aliphatic heterocycles. The number of aromatic nitrogens is 1. The lowest BCUT2D eigenvalue weighted by atomic mass is 9.87. The number of hydrogen-bond acceptors (Lipinski definition) is 4. The van der Waals surface area contributed by atoms with Gasteiger partial charge in [-0.05, 0) is 11.6 Å². The second kappa shape index (κ2) is 4.17. The highest BCUT2D eigenvalue weighted by Gasteiger charge is 2.51. The molecule has 1 fully saturated rings. The van der Waals surface area contributed by atoms with Gasteiger partial charge in [-0.1, -0.05) is 6.07 Å². The summed E-state index contributed by atoms with van der Waals surface area (Å²) in [7, 11) is 1.20. The molecule has 2 atom stereocenters. The van der Waals surface area contributed by atoms with E-state index in [1.807, 2.05) is 0 Å². The zero-order valence-corrected chi connectivity index (χ0v) is 8.94. The second-order valence-corrected chi connectivity index (χ2v) is 3.82. The number of nitrogens with one attached hydrogen (secondary N) is 1. The molecular formula is C11H13FN2O2. The van der Waals surface area contributed by atoms with Crippen molar-refractivity contribution in [1.82, 2.24) is 10.3 Å². The number of rotatable bonds is 2. The molecule has 0 amide bonds. The Kier molecular flexibility index (Phi) is 2.87. The minimum absolute atomic E-state index is 0.0146. The van der Waals surface area contributed by atoms with Crippen LogP contribution >= 0.6 is 0 Å². The van der Waals surface area contributed by atoms with Gasteiger partial charge in [-0.3, -0.25) is 4.98 Å². The topological polar surface area (TPSA) is 51.2 Å². The molecule has 1 aromatic heterocycles. The van der Waals surface area contributed by atoms with Gasteiger partial charge in [0.15, 0.2) is 0 Å². The lowest BCUT2D eigenvalue weighted by Gasteiger charge is -2.23. The van der Waals surface area contributed by atoms with E-state index in [-0.39, 0.29) is 6.54 Å². The third kappa shape index (κ3) is 1.67. The van der Waals surface area contributed by atoms with Crippen molar-refractivity contribution in [2.75, 3.05) is 20.2 Å². The maximum absolute atomic E-state index is 14.5. The van der Waals surface area contributed by atoms with Gasteiger partial charge in [0, 0.05) is 31.4 Å². The molecule has 1 saturated heterocycles. The molecule has 1 N–H and O–H groups in total. The van der Waals surface area contributed by atoms with E-state index in [9.17, 15) is 9.18 Å². The first-order valence-corrected chi connectivity index (χ1v) is 5.06. The number of pyridine rings is 1. The largest absolute Gasteiger partial charge is 0.467 e. The van der Waals surface area contributed by atoms with Crippen LogP contribution < -0.4 is 5.32 Å². The standard InChI is InChI=1S/C11H13FN2O2/c1-16-10(15)11(12)7-14-6-9(11)8-3-2-4-13-5-8/h2-5,9,14H,6-7H2,1H3/t9-,11-/m1/s1. The lowest BCUT2D eigenvalue weighted by molar-refractivity contribution is -0.154. The molecule has 4 nitrogen and oxygen atoms in total. The van der Waals surface area contributed by atoms with Crippen molar-refractivity contribution in [2.45, 2.75) is 11.6 Å². The number of methoxy groups -OCH3 is 1. The summed E-state index contributed by atoms with van der Waals surface area (Å²) in [4.78, 5) is 15.4. The van der Waals surface area contributed by atoms with Crippen molar-refractivity contribution in [3.8, 4) is 0 Å². The molecule has 5 heteroatoms. The maximum atomic E-state index is 14.5. The molecule has 0 saturated carbocycles. The van der Waals surface area contributed by atoms with Crippen molar-refractivity contribution in [2.24, 2.45) is 0 Å². The molecule has 2 heterocycles. The van der Waals surface area contributed by atoms with Gasteiger partial charge in [0.25, 0.3) is 0 Å². The highest BCUT2D eigenvalue weighted by atomic mass is 19.1. The minimum atomic E-state index is -1.99. The van der Waals surface area contributed by atoms with E-state index in [1.165, 1.54) is 7.11 Å². The van der Waals surface area contributed by atoms with E-state index in [0.717, 1.165) is 0 Å². The average Bonchev–Trinajstić information content (AvgIpc) is 2.72. The van der Waals surface area contributed by atoms with Crippen LogP contribution in [0, 0.1) is 0 Å². The Morgan fingerprint density at radius 3 is 3.19 bits per heavy atom. The molecule has 0 unspecified atom stereocenters. The predicted octanol–water partition coefficient (Wildman–Crippen LogP) is 0.650. The normalized spacial score (nSPS) is 29.0. The number of esters is 1. The number of nitrogens with zero attached hydrogens (tertiary/aromatic N) is 1. The summed E-state index contributed by atoms with van der Waals surface area (Å²) >= 11 is 0. The van der Waals surface area contributed by atoms with Gasteiger partial charge >= 0.3 is 5.97 Å². The average molecular weight is 224 g/mol. The van der Waals surface area contributed by atoms with Crippen LogP contribution in [0.2, 0.25) is 0 Å². The van der Waals surface area contributed by atoms with Crippen LogP contribution in [-0.4, -0.2) is 36.8 Å². The first kappa shape index (κ1) is 11.0. The van der Waals surface area contributed by atoms with Crippen LogP contribution in [0.3, 0.4) is 0 Å². The molecule has 1 aliphatic rings. The van der Waals surface area contributed by atoms with E-state index in [2.05, 4.69) is 15.0 Å². The molecule has 0 aromatic carbocycles. The van der Waals surface area contributed by atoms with Gasteiger partial charge in [-0.25, -0.2) is 9.18 Å². The van der Waals surface area contributed by atoms with Crippen molar-refractivity contribution >= 4 is 5.97 Å². The number of hydrogen-bond donors (Lipinski definition) is 1. The Morgan fingerprint density at radius 2 is 2.56 bits per heavy atom. The van der Waals surface area contributed by atoms with Gasteiger partial charge in [0.2, 0.25) is 5.67 Å². The van der Waals surface area contributed by atoms with Crippen LogP contribution in [0.25, 0.3) is 0 Å². The number of alkyl halides is 1. The fourth-order valence-corrected chi connectivity index (χ4v) is 2.03. The Hall–Kier alpha value is -1.49. The van der Waals surface area contributed by atoms with Crippen molar-refractivity contribution < 1.29 is 13.9 Å². The lowest BCUT2D eigenvalue weighted by Crippen LogP contribution is -2.41. The SMILES string of the molecule is COC(=O)[C@@]1(F)CNC[C@@H]1c1cccnc1. The smallest absolute Gasteiger partial charge is 0.345 e. The Balaban J connectivity index is 2.31. The molecule has 1 aromatic rings. The maximum Gasteiger partial charge on any atom is 0.345 e. The van der Waals surface area contributed by atoms with Crippen molar-refractivity contribution in [3.05, 3.63) is 30.1 Å². The van der Waals surface area contributed by atoms with Crippen molar-refractivity contribution in [1.29, 1.82) is 0 Å². The third-order valence-corrected chi connectivity index (χ3v) is 2.89. The molecule has 2 rings (SSSR count). The molecule has 86 valence electrons. The van der Waals surface area contributed by atoms with Gasteiger partial charge in [-0.15, -0.1) is 0 Å². The van der Waals surface area contributed by atoms with Crippen LogP contribution in [0.1, 0.15) is 11.5 Å². The highest BCUT2D eigenvalue weighted by Crippen LogP contribution is 2.35. The quantitative estimate of drug-likeness (QED) is 0.749. The molecule has 16 heavy (non-hydrogen) atoms. The summed E-state index contributed by atoms with van der Waals surface area (Å²) in [6.07, 6.45) is 3.19. The zero-order chi connectivity index (χ0) is 11.6. The van der Waals surface area contributed by atoms with E-state index < -0.39 is 17.6 Å². The summed E-state index contributed by atoms with van der Waals surface area (Å²) in [5.41, 5.74) is -1.28. The Labute approximate surface area is 92.8 Å². The molecule has 0 spiro atoms. The number of halogens is 1. The molecule has 0 aliphatic carbocycles. The Morgan fingerprint density at radius 1 is 1.75 bits per heavy atom. The summed E-state index contributed by atoms with van der Waals surface area (Å²) < 4.78 is 19.0. The summed E-state index contributed by atoms with van der Waals surface area (Å²) in [5.74, 6) is -1.36. The number of carbonyl (C=O) groups excluding carboxylic acids is 1. The van der Waals surface area contributed by atoms with E-state index in [4.69, 9.17) is 0 Å². The number of ether oxygens (including phenoxy) is 1. The van der Waals surface area contributed by atoms with Gasteiger partial charge in [0.05, 0.1) is 7.11 Å². The van der Waals surface area contributed by atoms with Crippen molar-refractivity contribution in [3.63, 3.8) is 0 Å². The summed E-state index contributed by atoms with van der Waals surface area (Å²) in [6.45, 7) is 0.399. The van der Waals surface area contributed by atoms with E-state index in [0.29, 0.717) is 12.1 Å². The second-order valence-electron chi connectivity index (χ2n) is 3.82. The first-order valence-electron chi connectivity index (χ1n) is 5.06. The molecule has 0 bridgehead atoms. The molecular weight excluding hydrogens is 211 g/mol. The van der Waals surface area contributed by atoms with Gasteiger partial charge < -0.3 is 10.1 Å². The fraction of sp³-hybridized carbons (Fsp3) is 0.455. The zero-order valence-electron chi connectivity index (χ0n) is 8.94. The van der Waals surface area contributed by atoms with E-state index in [1.54, 1.807) is 24.5 Å². The minimum Gasteiger partial charge on any atom is -0.467 e. The summed E-state index contributed by atoms with van der Waals surface area (Å²) in [5, 5.41) is 2.87. The van der Waals surface area contributed by atoms with Crippen LogP contribution in [-0.2, 0) is 9.53 Å². The Bertz CT molecular complexity index is 385. The van der Waals surface area contributed by atoms with Crippen LogP contribution in [0.5, 0.6) is 0 Å². The van der Waals surface area contributed by atoms with Crippen LogP contribution in [0.4, 0.5) is 4.39 Å². The van der Waals surface area contributed by atoms with Gasteiger partial charge in [0.1, 0.15) is 0 Å².